The number of benzene rings is 3. The van der Waals surface area contributed by atoms with Gasteiger partial charge in [0.2, 0.25) is 0 Å². The van der Waals surface area contributed by atoms with Crippen LogP contribution in [0.5, 0.6) is 5.75 Å². The minimum atomic E-state index is 0. The van der Waals surface area contributed by atoms with Gasteiger partial charge in [-0.2, -0.15) is 6.92 Å². The standard InChI is InChI=1S/C18H14O.C4H9O.C2H5.Zn/c19-18-16(14-8-3-1-4-9-14)12-7-13-17(18)15-10-5-2-6-11-15;1-2-3-4-5;1-2;/h1-13,19H;2-4H2,1H3;1H2,2H3;/q;2*-1;+2/p-1. The van der Waals surface area contributed by atoms with Gasteiger partial charge in [-0.1, -0.05) is 104 Å². The fourth-order valence-corrected chi connectivity index (χ4v) is 2.37. The van der Waals surface area contributed by atoms with Crippen molar-refractivity contribution in [2.75, 3.05) is 6.61 Å². The molecule has 0 saturated heterocycles. The molecule has 0 amide bonds. The monoisotopic (exact) mass is 411 g/mol. The van der Waals surface area contributed by atoms with Gasteiger partial charge < -0.3 is 17.1 Å². The van der Waals surface area contributed by atoms with Crippen LogP contribution < -0.4 is 10.2 Å². The van der Waals surface area contributed by atoms with E-state index >= 15 is 0 Å². The smallest absolute Gasteiger partial charge is 0.872 e. The molecule has 3 aromatic rings. The molecule has 0 unspecified atom stereocenters. The van der Waals surface area contributed by atoms with Crippen LogP contribution in [0.2, 0.25) is 0 Å². The summed E-state index contributed by atoms with van der Waals surface area (Å²) in [6.07, 6.45) is 1.86. The predicted octanol–water partition coefficient (Wildman–Crippen LogP) is 5.08. The second kappa shape index (κ2) is 15.1. The van der Waals surface area contributed by atoms with E-state index < -0.39 is 0 Å². The first-order valence-corrected chi connectivity index (χ1v) is 8.97. The normalized spacial score (nSPS) is 9.04. The third-order valence-electron chi connectivity index (χ3n) is 3.68. The van der Waals surface area contributed by atoms with Crippen molar-refractivity contribution >= 4 is 0 Å². The summed E-state index contributed by atoms with van der Waals surface area (Å²) in [5, 5.41) is 22.1. The Morgan fingerprint density at radius 3 is 1.41 bits per heavy atom. The Kier molecular flexibility index (Phi) is 14.0. The maximum absolute atomic E-state index is 12.6. The molecule has 3 aromatic carbocycles. The van der Waals surface area contributed by atoms with Crippen LogP contribution in [0, 0.1) is 6.92 Å². The second-order valence-electron chi connectivity index (χ2n) is 5.47. The predicted molar refractivity (Wildman–Crippen MR) is 108 cm³/mol. The first kappa shape index (κ1) is 25.0. The fraction of sp³-hybridized carbons (Fsp3) is 0.208. The SMILES string of the molecule is CCCC[O-].[CH2-]C.[O-]c1c(-c2ccccc2)cccc1-c1ccccc1.[Zn+2]. The molecular weight excluding hydrogens is 386 g/mol. The molecule has 0 aliphatic rings. The number of hydrogen-bond acceptors (Lipinski definition) is 2. The van der Waals surface area contributed by atoms with Gasteiger partial charge in [0.25, 0.3) is 0 Å². The Labute approximate surface area is 176 Å². The maximum Gasteiger partial charge on any atom is 2.00 e. The topological polar surface area (TPSA) is 46.1 Å². The van der Waals surface area contributed by atoms with Gasteiger partial charge in [0.1, 0.15) is 0 Å². The van der Waals surface area contributed by atoms with E-state index in [9.17, 15) is 10.2 Å². The third-order valence-corrected chi connectivity index (χ3v) is 3.68. The number of para-hydroxylation sites is 1. The molecule has 0 aromatic heterocycles. The minimum absolute atomic E-state index is 0. The first-order chi connectivity index (χ1) is 12.8. The summed E-state index contributed by atoms with van der Waals surface area (Å²) in [5.74, 6) is 0.0832. The van der Waals surface area contributed by atoms with Crippen LogP contribution in [-0.4, -0.2) is 6.61 Å². The van der Waals surface area contributed by atoms with Crippen LogP contribution >= 0.6 is 0 Å². The van der Waals surface area contributed by atoms with Crippen LogP contribution in [0.3, 0.4) is 0 Å². The summed E-state index contributed by atoms with van der Waals surface area (Å²) in [6, 6.07) is 25.3. The van der Waals surface area contributed by atoms with Gasteiger partial charge in [-0.25, -0.2) is 0 Å². The summed E-state index contributed by atoms with van der Waals surface area (Å²) in [7, 11) is 0. The van der Waals surface area contributed by atoms with Crippen LogP contribution in [0.1, 0.15) is 26.7 Å². The maximum atomic E-state index is 12.6. The van der Waals surface area contributed by atoms with Crippen LogP contribution in [-0.2, 0) is 19.5 Å². The Morgan fingerprint density at radius 2 is 1.11 bits per heavy atom. The Morgan fingerprint density at radius 1 is 0.704 bits per heavy atom. The van der Waals surface area contributed by atoms with Gasteiger partial charge in [-0.3, -0.25) is 0 Å². The average Bonchev–Trinajstić information content (AvgIpc) is 2.72. The zero-order chi connectivity index (χ0) is 19.2. The van der Waals surface area contributed by atoms with Gasteiger partial charge in [0, 0.05) is 0 Å². The van der Waals surface area contributed by atoms with Crippen LogP contribution in [0.4, 0.5) is 0 Å². The quantitative estimate of drug-likeness (QED) is 0.443. The van der Waals surface area contributed by atoms with Crippen molar-refractivity contribution in [3.63, 3.8) is 0 Å². The van der Waals surface area contributed by atoms with E-state index in [-0.39, 0.29) is 31.8 Å². The molecular formula is C24H27O2Zn-. The molecule has 0 atom stereocenters. The Hall–Kier alpha value is -1.96. The number of rotatable bonds is 4. The number of unbranched alkanes of at least 4 members (excludes halogenated alkanes) is 1. The van der Waals surface area contributed by atoms with Crippen molar-refractivity contribution in [2.24, 2.45) is 0 Å². The molecule has 0 saturated carbocycles. The Bertz CT molecular complexity index is 668. The second-order valence-corrected chi connectivity index (χ2v) is 5.47. The first-order valence-electron chi connectivity index (χ1n) is 8.97. The molecule has 0 aliphatic carbocycles. The fourth-order valence-electron chi connectivity index (χ4n) is 2.37. The minimum Gasteiger partial charge on any atom is -0.872 e. The largest absolute Gasteiger partial charge is 2.00 e. The third kappa shape index (κ3) is 8.07. The van der Waals surface area contributed by atoms with E-state index in [1.54, 1.807) is 6.92 Å². The van der Waals surface area contributed by atoms with E-state index in [0.29, 0.717) is 0 Å². The van der Waals surface area contributed by atoms with Gasteiger partial charge in [0.05, 0.1) is 0 Å². The molecule has 138 valence electrons. The molecule has 0 aliphatic heterocycles. The molecule has 0 radical (unpaired) electrons. The summed E-state index contributed by atoms with van der Waals surface area (Å²) >= 11 is 0. The molecule has 0 bridgehead atoms. The molecule has 2 nitrogen and oxygen atoms in total. The summed E-state index contributed by atoms with van der Waals surface area (Å²) in [6.45, 7) is 7.11. The van der Waals surface area contributed by atoms with Crippen molar-refractivity contribution in [3.8, 4) is 28.0 Å². The van der Waals surface area contributed by atoms with Crippen LogP contribution in [0.15, 0.2) is 78.9 Å². The van der Waals surface area contributed by atoms with E-state index in [1.807, 2.05) is 85.8 Å². The van der Waals surface area contributed by atoms with E-state index in [0.717, 1.165) is 35.1 Å². The zero-order valence-electron chi connectivity index (χ0n) is 16.4. The van der Waals surface area contributed by atoms with Crippen molar-refractivity contribution in [1.82, 2.24) is 0 Å². The van der Waals surface area contributed by atoms with E-state index in [1.165, 1.54) is 0 Å². The molecule has 0 spiro atoms. The molecule has 3 heteroatoms. The van der Waals surface area contributed by atoms with E-state index in [4.69, 9.17) is 0 Å². The van der Waals surface area contributed by atoms with Crippen molar-refractivity contribution in [1.29, 1.82) is 0 Å². The molecule has 0 N–H and O–H groups in total. The summed E-state index contributed by atoms with van der Waals surface area (Å²) in [4.78, 5) is 0. The summed E-state index contributed by atoms with van der Waals surface area (Å²) < 4.78 is 0. The number of hydrogen-bond donors (Lipinski definition) is 0. The van der Waals surface area contributed by atoms with Crippen molar-refractivity contribution in [2.45, 2.75) is 26.7 Å². The van der Waals surface area contributed by atoms with E-state index in [2.05, 4.69) is 6.92 Å². The van der Waals surface area contributed by atoms with Gasteiger partial charge in [-0.15, -0.1) is 6.61 Å². The molecule has 3 rings (SSSR count). The molecule has 0 heterocycles. The van der Waals surface area contributed by atoms with Gasteiger partial charge in [-0.05, 0) is 22.3 Å². The van der Waals surface area contributed by atoms with Crippen molar-refractivity contribution < 1.29 is 29.7 Å². The van der Waals surface area contributed by atoms with Crippen molar-refractivity contribution in [3.05, 3.63) is 85.8 Å². The Balaban J connectivity index is 0.000000740. The zero-order valence-corrected chi connectivity index (χ0v) is 19.3. The van der Waals surface area contributed by atoms with Gasteiger partial charge in [0.15, 0.2) is 0 Å². The average molecular weight is 413 g/mol. The van der Waals surface area contributed by atoms with Gasteiger partial charge >= 0.3 is 19.5 Å². The molecule has 0 fully saturated rings. The van der Waals surface area contributed by atoms with Crippen LogP contribution in [0.25, 0.3) is 22.3 Å². The molecule has 27 heavy (non-hydrogen) atoms. The summed E-state index contributed by atoms with van der Waals surface area (Å²) in [5.41, 5.74) is 3.43.